The molecule has 16 aromatic carbocycles. The molecule has 8 heteroatoms. The molecule has 0 atom stereocenters. The van der Waals surface area contributed by atoms with Crippen LogP contribution in [0.1, 0.15) is 85.6 Å². The molecule has 2 aliphatic heterocycles. The molecule has 0 fully saturated rings. The highest BCUT2D eigenvalue weighted by atomic mass is 16.3. The van der Waals surface area contributed by atoms with Gasteiger partial charge in [-0.25, -0.2) is 0 Å². The highest BCUT2D eigenvalue weighted by molar-refractivity contribution is 7.00. The Hall–Kier alpha value is -13.8. The van der Waals surface area contributed by atoms with E-state index in [1.54, 1.807) is 54.6 Å². The van der Waals surface area contributed by atoms with Gasteiger partial charge in [-0.05, 0) is 159 Å². The Labute approximate surface area is 682 Å². The van der Waals surface area contributed by atoms with Crippen LogP contribution >= 0.6 is 0 Å². The minimum absolute atomic E-state index is 0.0553. The van der Waals surface area contributed by atoms with Gasteiger partial charge in [-0.3, -0.25) is 0 Å². The van der Waals surface area contributed by atoms with Gasteiger partial charge in [0, 0.05) is 99.1 Å². The first-order chi connectivity index (χ1) is 64.8. The van der Waals surface area contributed by atoms with Crippen LogP contribution in [0.3, 0.4) is 0 Å². The summed E-state index contributed by atoms with van der Waals surface area (Å²) in [7, 11) is 0. The molecule has 7 heterocycles. The van der Waals surface area contributed by atoms with Crippen molar-refractivity contribution >= 4 is 166 Å². The molecule has 112 heavy (non-hydrogen) atoms. The van der Waals surface area contributed by atoms with Gasteiger partial charge >= 0.3 is 0 Å². The Bertz CT molecular complexity index is 8740. The van der Waals surface area contributed by atoms with Crippen molar-refractivity contribution in [2.24, 2.45) is 0 Å². The third kappa shape index (κ3) is 9.30. The van der Waals surface area contributed by atoms with Crippen LogP contribution in [-0.4, -0.2) is 25.0 Å². The lowest BCUT2D eigenvalue weighted by Crippen LogP contribution is -2.61. The fourth-order valence-corrected chi connectivity index (χ4v) is 17.7. The number of para-hydroxylation sites is 9. The van der Waals surface area contributed by atoms with Crippen LogP contribution in [0.2, 0.25) is 0 Å². The normalized spacial score (nSPS) is 16.0. The van der Waals surface area contributed by atoms with E-state index < -0.39 is 152 Å². The second-order valence-corrected chi connectivity index (χ2v) is 31.0. The van der Waals surface area contributed by atoms with Crippen molar-refractivity contribution < 1.29 is 37.3 Å². The number of rotatable bonds is 8. The first kappa shape index (κ1) is 44.6. The van der Waals surface area contributed by atoms with Gasteiger partial charge in [-0.15, -0.1) is 0 Å². The molecular formula is C104H75BN6O. The Kier molecular flexibility index (Phi) is 9.50. The van der Waals surface area contributed by atoms with Crippen LogP contribution < -0.4 is 26.2 Å². The molecule has 23 rings (SSSR count). The third-order valence-corrected chi connectivity index (χ3v) is 22.8. The van der Waals surface area contributed by atoms with E-state index in [2.05, 4.69) is 106 Å². The number of aromatic nitrogens is 4. The minimum Gasteiger partial charge on any atom is -0.452 e. The molecule has 0 saturated heterocycles. The first-order valence-electron chi connectivity index (χ1n) is 49.2. The average molecular weight is 1460 g/mol. The summed E-state index contributed by atoms with van der Waals surface area (Å²) in [5, 5.41) is 1.61. The molecule has 0 bridgehead atoms. The fourth-order valence-electron chi connectivity index (χ4n) is 17.7. The van der Waals surface area contributed by atoms with E-state index in [9.17, 15) is 27.4 Å². The standard InChI is InChI=1S/C104H75BN6O/c1-103(2,3)66-50-56-91-81(58-66)82-59-67(104(4,5)6)51-57-92(82)107(91)69-53-55-84-96(61-69)111(100-71(64-28-9-7-10-29-64)38-25-39-72(100)65-30-11-8-12-31-65)98-63-70(108-87-44-21-15-34-75(87)76-35-16-22-45-88(76)108)62-97-99(98)105(84)83-54-52-68(106-85-42-19-13-32-73(85)74-33-14-20-43-86(74)106)60-95(83)110(97)94-49-27-41-80-79-40-26-48-93(101(79)112-102(80)94)109-89-46-23-17-36-77(89)78-37-18-24-47-90(78)109/h7-63H,1-6H3/i13D,14D,15D,16D,17D,18D,19D,20D,21D,22D,23D,24D,32D,33D,34D,35D,36D,37D,42D,43D,44D,45D,46D,47D. The molecule has 0 aliphatic carbocycles. The second-order valence-electron chi connectivity index (χ2n) is 31.0. The van der Waals surface area contributed by atoms with Crippen molar-refractivity contribution in [3.8, 4) is 45.0 Å². The lowest BCUT2D eigenvalue weighted by Gasteiger charge is -2.45. The molecule has 530 valence electrons. The van der Waals surface area contributed by atoms with Crippen molar-refractivity contribution in [3.05, 3.63) is 356 Å². The molecule has 0 N–H and O–H groups in total. The quantitative estimate of drug-likeness (QED) is 0.142. The SMILES string of the molecule is [2H]c1c([2H])c([2H])c2c(c1[2H])c1c([2H])c([2H])c([2H])c([2H])c1n2-c1ccc2c(c1)N(c1cccc3c1oc1c(-n4c5c([2H])c([2H])c([2H])c([2H])c5c5c([2H])c([2H])c([2H])c([2H])c54)cccc13)c1cc(-n3c4c([2H])c([2H])c([2H])c([2H])c4c4c([2H])c([2H])c([2H])c([2H])c43)cc3c1B2c1ccc(-n2c4ccc(C(C)(C)C)cc4c4cc(C(C)(C)C)ccc42)cc1N3c1c(-c2ccccc2)cccc1-c1ccccc1. The molecule has 7 nitrogen and oxygen atoms in total. The first-order valence-corrected chi connectivity index (χ1v) is 37.2. The summed E-state index contributed by atoms with van der Waals surface area (Å²) >= 11 is 0. The van der Waals surface area contributed by atoms with Gasteiger partial charge in [0.15, 0.2) is 11.2 Å². The zero-order valence-corrected chi connectivity index (χ0v) is 61.2. The predicted molar refractivity (Wildman–Crippen MR) is 473 cm³/mol. The Balaban J connectivity index is 0.935. The Morgan fingerprint density at radius 1 is 0.277 bits per heavy atom. The van der Waals surface area contributed by atoms with Crippen molar-refractivity contribution in [3.63, 3.8) is 0 Å². The number of hydrogen-bond donors (Lipinski definition) is 0. The van der Waals surface area contributed by atoms with E-state index in [0.717, 1.165) is 60.9 Å². The van der Waals surface area contributed by atoms with Crippen molar-refractivity contribution in [2.45, 2.75) is 52.4 Å². The largest absolute Gasteiger partial charge is 0.452 e. The van der Waals surface area contributed by atoms with E-state index in [4.69, 9.17) is 9.90 Å². The maximum atomic E-state index is 10.3. The van der Waals surface area contributed by atoms with Crippen molar-refractivity contribution in [2.75, 3.05) is 9.80 Å². The van der Waals surface area contributed by atoms with Gasteiger partial charge in [0.1, 0.15) is 0 Å². The maximum absolute atomic E-state index is 10.3. The number of nitrogens with zero attached hydrogens (tertiary/aromatic N) is 6. The molecular weight excluding hydrogens is 1360 g/mol. The lowest BCUT2D eigenvalue weighted by molar-refractivity contribution is 0.590. The monoisotopic (exact) mass is 1460 g/mol. The highest BCUT2D eigenvalue weighted by Gasteiger charge is 2.46. The van der Waals surface area contributed by atoms with Gasteiger partial charge in [0.25, 0.3) is 6.71 Å². The third-order valence-electron chi connectivity index (χ3n) is 22.8. The van der Waals surface area contributed by atoms with Crippen LogP contribution in [-0.2, 0) is 10.8 Å². The van der Waals surface area contributed by atoms with Crippen LogP contribution in [0.4, 0.5) is 34.1 Å². The average Bonchev–Trinajstić information content (AvgIpc) is 1.27. The van der Waals surface area contributed by atoms with Crippen molar-refractivity contribution in [1.29, 1.82) is 0 Å². The van der Waals surface area contributed by atoms with Crippen LogP contribution in [0.5, 0.6) is 0 Å². The molecule has 2 aliphatic rings. The maximum Gasteiger partial charge on any atom is 0.252 e. The van der Waals surface area contributed by atoms with E-state index in [1.807, 2.05) is 95.9 Å². The number of anilines is 6. The molecule has 0 radical (unpaired) electrons. The van der Waals surface area contributed by atoms with Crippen LogP contribution in [0.25, 0.3) is 154 Å². The second kappa shape index (κ2) is 23.8. The summed E-state index contributed by atoms with van der Waals surface area (Å²) < 4.78 is 244. The summed E-state index contributed by atoms with van der Waals surface area (Å²) in [5.41, 5.74) is 10.7. The van der Waals surface area contributed by atoms with E-state index >= 15 is 0 Å². The van der Waals surface area contributed by atoms with Gasteiger partial charge in [-0.2, -0.15) is 0 Å². The fraction of sp³-hybridized carbons (Fsp3) is 0.0769. The number of benzene rings is 16. The van der Waals surface area contributed by atoms with Crippen LogP contribution in [0.15, 0.2) is 350 Å². The lowest BCUT2D eigenvalue weighted by atomic mass is 9.33. The van der Waals surface area contributed by atoms with Crippen LogP contribution in [0, 0.1) is 0 Å². The number of furan rings is 1. The molecule has 5 aromatic heterocycles. The smallest absolute Gasteiger partial charge is 0.252 e. The molecule has 0 amide bonds. The van der Waals surface area contributed by atoms with Gasteiger partial charge < -0.3 is 32.5 Å². The molecule has 0 saturated carbocycles. The number of hydrogen-bond acceptors (Lipinski definition) is 3. The summed E-state index contributed by atoms with van der Waals surface area (Å²) in [5.74, 6) is 0. The van der Waals surface area contributed by atoms with Crippen molar-refractivity contribution in [1.82, 2.24) is 18.3 Å². The zero-order valence-electron chi connectivity index (χ0n) is 85.2. The highest BCUT2D eigenvalue weighted by Crippen LogP contribution is 2.54. The van der Waals surface area contributed by atoms with Gasteiger partial charge in [0.2, 0.25) is 0 Å². The summed E-state index contributed by atoms with van der Waals surface area (Å²) in [6.45, 7) is 12.2. The zero-order chi connectivity index (χ0) is 95.5. The van der Waals surface area contributed by atoms with E-state index in [0.29, 0.717) is 44.2 Å². The molecule has 0 unspecified atom stereocenters. The van der Waals surface area contributed by atoms with E-state index in [1.165, 1.54) is 13.7 Å². The van der Waals surface area contributed by atoms with Gasteiger partial charge in [-0.1, -0.05) is 278 Å². The summed E-state index contributed by atoms with van der Waals surface area (Å²) in [6.07, 6.45) is 0. The minimum atomic E-state index is -0.970. The Morgan fingerprint density at radius 2 is 0.643 bits per heavy atom. The summed E-state index contributed by atoms with van der Waals surface area (Å²) in [4.78, 5) is 4.12. The molecule has 0 spiro atoms. The number of fused-ring (bicyclic) bond motifs is 19. The van der Waals surface area contributed by atoms with E-state index in [-0.39, 0.29) is 122 Å². The summed E-state index contributed by atoms with van der Waals surface area (Å²) in [6, 6.07) is 50.1. The van der Waals surface area contributed by atoms with Gasteiger partial charge in [0.05, 0.1) is 99.8 Å². The topological polar surface area (TPSA) is 39.3 Å². The Morgan fingerprint density at radius 3 is 1.09 bits per heavy atom. The molecule has 21 aromatic rings. The predicted octanol–water partition coefficient (Wildman–Crippen LogP) is 26.0.